The monoisotopic (exact) mass is 1410 g/mol. The number of benzene rings is 3. The number of carbonyl (C=O) groups is 7. The SMILES string of the molecule is CC(C)CCCOC1CCN(c2ccc(-c3nnc(-c4ccc(C(=O)N[C@H]5C[C@@H](O)CNC(=O)[C@@H]6[C@@H](O)[C@@H](C)CN6C(=O)[C@H]([C@H](O)CCNC(CO)CO)NC(=O)[C@H]([C@H](O)Cc6ccc(O)c(OSOOO)c6)NC(=O)[C@@H]6C[C@@H](O)CN6C(=O)[C@H]([C@@H](C)O)NC5=O)cc4)s3)cc2)CC1. The van der Waals surface area contributed by atoms with E-state index in [9.17, 15) is 79.5 Å². The number of nitrogens with one attached hydrogen (secondary N) is 6. The van der Waals surface area contributed by atoms with Crippen molar-refractivity contribution in [2.24, 2.45) is 11.8 Å². The number of anilines is 1. The zero-order chi connectivity index (χ0) is 70.9. The molecule has 4 fully saturated rings. The molecule has 0 radical (unpaired) electrons. The van der Waals surface area contributed by atoms with Crippen LogP contribution in [0.5, 0.6) is 11.5 Å². The van der Waals surface area contributed by atoms with E-state index in [1.54, 1.807) is 12.1 Å². The molecule has 4 aliphatic heterocycles. The molecule has 5 heterocycles. The highest BCUT2D eigenvalue weighted by Crippen LogP contribution is 2.34. The summed E-state index contributed by atoms with van der Waals surface area (Å²) in [6.07, 6.45) is -8.32. The maximum absolute atomic E-state index is 15.0. The topological polar surface area (TPSA) is 466 Å². The lowest BCUT2D eigenvalue weighted by molar-refractivity contribution is -0.433. The van der Waals surface area contributed by atoms with Crippen molar-refractivity contribution in [3.63, 3.8) is 0 Å². The molecule has 34 heteroatoms. The van der Waals surface area contributed by atoms with E-state index in [4.69, 9.17) is 14.2 Å². The van der Waals surface area contributed by atoms with Gasteiger partial charge in [-0.25, -0.2) is 5.26 Å². The lowest BCUT2D eigenvalue weighted by Crippen LogP contribution is -2.64. The Balaban J connectivity index is 1.05. The highest BCUT2D eigenvalue weighted by Gasteiger charge is 2.50. The second-order valence-electron chi connectivity index (χ2n) is 25.5. The number of fused-ring (bicyclic) bond motifs is 2. The minimum Gasteiger partial charge on any atom is -0.504 e. The van der Waals surface area contributed by atoms with E-state index in [1.165, 1.54) is 36.5 Å². The fourth-order valence-electron chi connectivity index (χ4n) is 12.2. The summed E-state index contributed by atoms with van der Waals surface area (Å²) in [6.45, 7) is 6.64. The maximum Gasteiger partial charge on any atom is 0.261 e. The molecule has 0 saturated carbocycles. The first-order valence-electron chi connectivity index (χ1n) is 32.6. The van der Waals surface area contributed by atoms with Crippen LogP contribution in [0.2, 0.25) is 0 Å². The molecule has 4 aromatic rings. The van der Waals surface area contributed by atoms with Gasteiger partial charge in [0.15, 0.2) is 11.5 Å². The molecule has 98 heavy (non-hydrogen) atoms. The van der Waals surface area contributed by atoms with Crippen molar-refractivity contribution >= 4 is 70.7 Å². The third-order valence-electron chi connectivity index (χ3n) is 17.7. The summed E-state index contributed by atoms with van der Waals surface area (Å²) in [7, 11) is 0. The van der Waals surface area contributed by atoms with Crippen molar-refractivity contribution < 1.29 is 103 Å². The van der Waals surface area contributed by atoms with Gasteiger partial charge in [-0.15, -0.1) is 10.2 Å². The van der Waals surface area contributed by atoms with Gasteiger partial charge in [0.25, 0.3) is 18.2 Å². The maximum atomic E-state index is 15.0. The molecule has 4 saturated heterocycles. The van der Waals surface area contributed by atoms with E-state index in [0.717, 1.165) is 85.5 Å². The van der Waals surface area contributed by atoms with E-state index in [-0.39, 0.29) is 48.4 Å². The molecule has 8 rings (SSSR count). The summed E-state index contributed by atoms with van der Waals surface area (Å²) < 4.78 is 15.5. The Hall–Kier alpha value is -7.26. The molecule has 13 atom stereocenters. The smallest absolute Gasteiger partial charge is 0.261 e. The summed E-state index contributed by atoms with van der Waals surface area (Å²) in [5.74, 6) is -8.96. The second kappa shape index (κ2) is 36.2. The van der Waals surface area contributed by atoms with Gasteiger partial charge in [-0.05, 0) is 106 Å². The van der Waals surface area contributed by atoms with Gasteiger partial charge in [-0.2, -0.15) is 0 Å². The molecule has 16 N–H and O–H groups in total. The summed E-state index contributed by atoms with van der Waals surface area (Å²) >= 11 is 1.39. The van der Waals surface area contributed by atoms with E-state index >= 15 is 0 Å². The van der Waals surface area contributed by atoms with Crippen LogP contribution in [0.1, 0.15) is 88.6 Å². The third-order valence-corrected chi connectivity index (χ3v) is 19.1. The molecular formula is C64H89N11O21S2. The number of hydrogen-bond donors (Lipinski definition) is 16. The zero-order valence-corrected chi connectivity index (χ0v) is 56.3. The average Bonchev–Trinajstić information content (AvgIpc) is 1.65. The minimum atomic E-state index is -2.16. The number of aliphatic hydroxyl groups excluding tert-OH is 8. The van der Waals surface area contributed by atoms with Crippen LogP contribution in [0, 0.1) is 11.8 Å². The number of hydrogen-bond acceptors (Lipinski definition) is 27. The van der Waals surface area contributed by atoms with E-state index in [0.29, 0.717) is 21.5 Å². The van der Waals surface area contributed by atoms with Crippen molar-refractivity contribution in [3.8, 4) is 32.6 Å². The Morgan fingerprint density at radius 1 is 0.755 bits per heavy atom. The van der Waals surface area contributed by atoms with Crippen LogP contribution in [-0.2, 0) is 49.3 Å². The molecule has 3 aromatic carbocycles. The molecule has 4 aliphatic rings. The van der Waals surface area contributed by atoms with Crippen LogP contribution < -0.4 is 41.0 Å². The highest BCUT2D eigenvalue weighted by molar-refractivity contribution is 7.90. The molecule has 0 bridgehead atoms. The zero-order valence-electron chi connectivity index (χ0n) is 54.6. The number of aliphatic hydroxyl groups is 8. The lowest BCUT2D eigenvalue weighted by atomic mass is 9.98. The van der Waals surface area contributed by atoms with Crippen molar-refractivity contribution in [1.82, 2.24) is 51.9 Å². The Labute approximate surface area is 573 Å². The average molecular weight is 1410 g/mol. The highest BCUT2D eigenvalue weighted by atomic mass is 32.2. The predicted molar refractivity (Wildman–Crippen MR) is 353 cm³/mol. The van der Waals surface area contributed by atoms with E-state index in [2.05, 4.69) is 82.4 Å². The first-order chi connectivity index (χ1) is 46.9. The number of β-amino-alcohol motifs (C(OH)–C–C–N with tert-alkyl or cyclic N) is 1. The second-order valence-corrected chi connectivity index (χ2v) is 26.9. The molecule has 0 unspecified atom stereocenters. The number of rotatable bonds is 25. The Morgan fingerprint density at radius 2 is 1.40 bits per heavy atom. The fraction of sp³-hybridized carbons (Fsp3) is 0.578. The van der Waals surface area contributed by atoms with Gasteiger partial charge in [-0.1, -0.05) is 59.7 Å². The van der Waals surface area contributed by atoms with Crippen molar-refractivity contribution in [3.05, 3.63) is 77.9 Å². The van der Waals surface area contributed by atoms with Crippen LogP contribution in [0.4, 0.5) is 5.69 Å². The lowest BCUT2D eigenvalue weighted by Gasteiger charge is -2.34. The fourth-order valence-corrected chi connectivity index (χ4v) is 13.3. The molecule has 0 spiro atoms. The third kappa shape index (κ3) is 20.2. The molecular weight excluding hydrogens is 1320 g/mol. The van der Waals surface area contributed by atoms with Gasteiger partial charge in [0.1, 0.15) is 46.3 Å². The van der Waals surface area contributed by atoms with Crippen LogP contribution in [0.15, 0.2) is 66.7 Å². The number of phenols is 1. The Kier molecular flexibility index (Phi) is 28.2. The quantitative estimate of drug-likeness (QED) is 0.0158. The number of carbonyl (C=O) groups excluding carboxylic acids is 7. The normalized spacial score (nSPS) is 25.2. The number of piperidine rings is 1. The van der Waals surface area contributed by atoms with Crippen LogP contribution in [0.3, 0.4) is 0 Å². The predicted octanol–water partition coefficient (Wildman–Crippen LogP) is -1.36. The summed E-state index contributed by atoms with van der Waals surface area (Å²) in [5, 5.41) is 136. The van der Waals surface area contributed by atoms with Gasteiger partial charge in [-0.3, -0.25) is 33.6 Å². The summed E-state index contributed by atoms with van der Waals surface area (Å²) in [5.41, 5.74) is 2.66. The van der Waals surface area contributed by atoms with E-state index < -0.39 is 184 Å². The summed E-state index contributed by atoms with van der Waals surface area (Å²) in [4.78, 5) is 106. The Morgan fingerprint density at radius 3 is 2.04 bits per heavy atom. The van der Waals surface area contributed by atoms with Gasteiger partial charge < -0.3 is 101 Å². The first kappa shape index (κ1) is 76.5. The standard InChI is InChI=1S/C64H89N11O21S2/c1-33(2)6-5-23-93-44-18-21-73(22-19-44)41-14-12-39(13-15-41)62-72-71-61(97-62)38-10-8-37(9-11-38)56(85)67-45-26-42(79)28-66-60(89)54-55(84)34(3)29-75(54)64(91)53(48(82)17-20-65-40(31-76)32-77)70-59(88)52(49(83)24-36-7-16-47(81)50(25-36)94-98-96-95-92)69-58(87)46-27-43(80)30-74(46)63(90)51(35(4)78)68-57(45)86/h7-16,25,33-35,40,42-46,48-49,51-55,65,76-84,92H,5-6,17-24,26-32H2,1-4H3,(H,66,89)(H,67,85)(H,68,86)(H,69,87)(H,70,88)/t34-,35+,42+,43+,45-,46-,48+,49+,51-,52-,53-,54-,55-/m0/s1. The van der Waals surface area contributed by atoms with Crippen LogP contribution >= 0.6 is 23.7 Å². The molecule has 538 valence electrons. The van der Waals surface area contributed by atoms with Crippen molar-refractivity contribution in [2.75, 3.05) is 64.0 Å². The van der Waals surface area contributed by atoms with Crippen LogP contribution in [-0.4, -0.2) is 257 Å². The van der Waals surface area contributed by atoms with Gasteiger partial charge in [0.05, 0.1) is 62.0 Å². The molecule has 0 aliphatic carbocycles. The van der Waals surface area contributed by atoms with E-state index in [1.807, 2.05) is 12.1 Å². The minimum absolute atomic E-state index is 0.0160. The molecule has 7 amide bonds. The number of ether oxygens (including phenoxy) is 1. The largest absolute Gasteiger partial charge is 0.504 e. The van der Waals surface area contributed by atoms with Gasteiger partial charge in [0, 0.05) is 86.9 Å². The van der Waals surface area contributed by atoms with Crippen molar-refractivity contribution in [1.29, 1.82) is 0 Å². The Bertz CT molecular complexity index is 3310. The number of aromatic hydroxyl groups is 1. The number of amides is 7. The molecule has 32 nitrogen and oxygen atoms in total. The number of nitrogens with zero attached hydrogens (tertiary/aromatic N) is 5. The van der Waals surface area contributed by atoms with Gasteiger partial charge >= 0.3 is 0 Å². The summed E-state index contributed by atoms with van der Waals surface area (Å²) in [6, 6.07) is 5.46. The molecule has 1 aromatic heterocycles. The number of aromatic nitrogens is 2. The van der Waals surface area contributed by atoms with Crippen LogP contribution in [0.25, 0.3) is 21.1 Å². The number of phenolic OH excluding ortho intramolecular Hbond substituents is 1. The first-order valence-corrected chi connectivity index (χ1v) is 34.0. The van der Waals surface area contributed by atoms with Gasteiger partial charge in [0.2, 0.25) is 35.4 Å². The van der Waals surface area contributed by atoms with Crippen molar-refractivity contribution in [2.45, 2.75) is 164 Å².